The lowest BCUT2D eigenvalue weighted by Gasteiger charge is -2.28. The van der Waals surface area contributed by atoms with Crippen molar-refractivity contribution in [1.82, 2.24) is 4.57 Å². The summed E-state index contributed by atoms with van der Waals surface area (Å²) in [7, 11) is 0. The van der Waals surface area contributed by atoms with E-state index in [1.165, 1.54) is 91.7 Å². The lowest BCUT2D eigenvalue weighted by Crippen LogP contribution is -2.11. The van der Waals surface area contributed by atoms with Crippen molar-refractivity contribution in [3.8, 4) is 50.2 Å². The summed E-state index contributed by atoms with van der Waals surface area (Å²) in [6, 6.07) is 93.2. The molecule has 0 aliphatic carbocycles. The number of nitrogens with zero attached hydrogens (tertiary/aromatic N) is 2. The molecular weight excluding hydrogens is 829 g/mol. The fourth-order valence-electron chi connectivity index (χ4n) is 10.3. The van der Waals surface area contributed by atoms with Crippen LogP contribution in [0.25, 0.3) is 103 Å². The molecule has 0 saturated carbocycles. The molecule has 0 unspecified atom stereocenters. The van der Waals surface area contributed by atoms with Crippen LogP contribution in [0.1, 0.15) is 0 Å². The molecule has 2 heterocycles. The van der Waals surface area contributed by atoms with Crippen molar-refractivity contribution in [3.63, 3.8) is 0 Å². The first-order valence-corrected chi connectivity index (χ1v) is 23.7. The highest BCUT2D eigenvalue weighted by molar-refractivity contribution is 7.25. The highest BCUT2D eigenvalue weighted by Gasteiger charge is 2.21. The Labute approximate surface area is 393 Å². The van der Waals surface area contributed by atoms with Crippen molar-refractivity contribution in [2.75, 3.05) is 4.90 Å². The van der Waals surface area contributed by atoms with Crippen LogP contribution in [0, 0.1) is 0 Å². The van der Waals surface area contributed by atoms with Gasteiger partial charge < -0.3 is 9.47 Å². The molecule has 0 radical (unpaired) electrons. The number of thiophene rings is 1. The molecule has 11 aromatic carbocycles. The maximum absolute atomic E-state index is 2.43. The Bertz CT molecular complexity index is 3930. The number of aromatic nitrogens is 1. The Morgan fingerprint density at radius 3 is 1.57 bits per heavy atom. The molecule has 0 bridgehead atoms. The molecule has 0 aliphatic heterocycles. The summed E-state index contributed by atoms with van der Waals surface area (Å²) in [6.07, 6.45) is 0. The van der Waals surface area contributed by atoms with Gasteiger partial charge >= 0.3 is 0 Å². The molecule has 0 spiro atoms. The summed E-state index contributed by atoms with van der Waals surface area (Å²) in [4.78, 5) is 2.43. The van der Waals surface area contributed by atoms with E-state index in [0.29, 0.717) is 0 Å². The smallest absolute Gasteiger partial charge is 0.0541 e. The second-order valence-electron chi connectivity index (χ2n) is 17.3. The molecule has 0 saturated heterocycles. The molecule has 13 rings (SSSR count). The van der Waals surface area contributed by atoms with Gasteiger partial charge in [0.2, 0.25) is 0 Å². The molecule has 0 fully saturated rings. The van der Waals surface area contributed by atoms with Crippen molar-refractivity contribution >= 4 is 81.1 Å². The minimum atomic E-state index is 1.09. The summed E-state index contributed by atoms with van der Waals surface area (Å²) >= 11 is 1.86. The predicted molar refractivity (Wildman–Crippen MR) is 288 cm³/mol. The summed E-state index contributed by atoms with van der Waals surface area (Å²) in [5.41, 5.74) is 16.4. The Morgan fingerprint density at radius 2 is 0.821 bits per heavy atom. The van der Waals surface area contributed by atoms with Crippen molar-refractivity contribution in [2.45, 2.75) is 0 Å². The van der Waals surface area contributed by atoms with E-state index >= 15 is 0 Å². The minimum absolute atomic E-state index is 1.09. The van der Waals surface area contributed by atoms with Crippen LogP contribution >= 0.6 is 11.3 Å². The van der Waals surface area contributed by atoms with Crippen LogP contribution in [-0.2, 0) is 0 Å². The van der Waals surface area contributed by atoms with Gasteiger partial charge in [0.1, 0.15) is 0 Å². The minimum Gasteiger partial charge on any atom is -0.310 e. The molecule has 13 aromatic rings. The summed E-state index contributed by atoms with van der Waals surface area (Å²) in [6.45, 7) is 0. The highest BCUT2D eigenvalue weighted by atomic mass is 32.1. The first-order chi connectivity index (χ1) is 33.2. The molecule has 2 aromatic heterocycles. The van der Waals surface area contributed by atoms with Crippen LogP contribution in [0.5, 0.6) is 0 Å². The lowest BCUT2D eigenvalue weighted by molar-refractivity contribution is 1.18. The largest absolute Gasteiger partial charge is 0.310 e. The summed E-state index contributed by atoms with van der Waals surface area (Å²) < 4.78 is 4.99. The molecule has 314 valence electrons. The van der Waals surface area contributed by atoms with Crippen LogP contribution in [0.15, 0.2) is 255 Å². The lowest BCUT2D eigenvalue weighted by atomic mass is 9.95. The third-order valence-electron chi connectivity index (χ3n) is 13.4. The van der Waals surface area contributed by atoms with E-state index in [4.69, 9.17) is 0 Å². The fraction of sp³-hybridized carbons (Fsp3) is 0. The average molecular weight is 871 g/mol. The van der Waals surface area contributed by atoms with Crippen LogP contribution < -0.4 is 4.90 Å². The average Bonchev–Trinajstić information content (AvgIpc) is 3.96. The van der Waals surface area contributed by atoms with Gasteiger partial charge in [0.05, 0.1) is 16.7 Å². The molecule has 2 nitrogen and oxygen atoms in total. The van der Waals surface area contributed by atoms with Gasteiger partial charge in [-0.05, 0) is 123 Å². The Morgan fingerprint density at radius 1 is 0.313 bits per heavy atom. The first-order valence-electron chi connectivity index (χ1n) is 22.9. The van der Waals surface area contributed by atoms with Gasteiger partial charge in [-0.3, -0.25) is 0 Å². The summed E-state index contributed by atoms with van der Waals surface area (Å²) in [5.74, 6) is 0. The van der Waals surface area contributed by atoms with E-state index in [1.807, 2.05) is 11.3 Å². The number of hydrogen-bond donors (Lipinski definition) is 0. The summed E-state index contributed by atoms with van der Waals surface area (Å²) in [5, 5.41) is 7.63. The Balaban J connectivity index is 0.924. The number of para-hydroxylation sites is 3. The topological polar surface area (TPSA) is 8.17 Å². The van der Waals surface area contributed by atoms with Crippen molar-refractivity contribution in [1.29, 1.82) is 0 Å². The normalized spacial score (nSPS) is 11.6. The molecule has 0 atom stereocenters. The first kappa shape index (κ1) is 38.9. The van der Waals surface area contributed by atoms with Gasteiger partial charge in [-0.25, -0.2) is 0 Å². The molecule has 3 heteroatoms. The van der Waals surface area contributed by atoms with Gasteiger partial charge in [0, 0.05) is 53.6 Å². The number of benzene rings is 11. The zero-order chi connectivity index (χ0) is 44.3. The van der Waals surface area contributed by atoms with E-state index in [1.54, 1.807) is 0 Å². The molecule has 0 N–H and O–H groups in total. The molecule has 67 heavy (non-hydrogen) atoms. The number of anilines is 3. The Hall–Kier alpha value is -8.50. The van der Waals surface area contributed by atoms with E-state index in [2.05, 4.69) is 264 Å². The Kier molecular flexibility index (Phi) is 9.40. The second kappa shape index (κ2) is 16.2. The molecule has 0 amide bonds. The van der Waals surface area contributed by atoms with Crippen LogP contribution in [0.4, 0.5) is 17.1 Å². The third-order valence-corrected chi connectivity index (χ3v) is 14.5. The SMILES string of the molecule is c1cc(-c2ccc(N(c3ccc(-c4cccc(-n5c6ccccc6c6ccccc65)c4)cc3)c3ccccc3-c3cccc4sc5ccccc5c34)cc2)cc(-c2cccc3ccccc23)c1. The fourth-order valence-corrected chi connectivity index (χ4v) is 11.4. The van der Waals surface area contributed by atoms with Gasteiger partial charge in [0.15, 0.2) is 0 Å². The predicted octanol–water partition coefficient (Wildman–Crippen LogP) is 18.4. The second-order valence-corrected chi connectivity index (χ2v) is 18.3. The monoisotopic (exact) mass is 870 g/mol. The van der Waals surface area contributed by atoms with Crippen molar-refractivity contribution in [2.24, 2.45) is 0 Å². The van der Waals surface area contributed by atoms with Gasteiger partial charge in [-0.1, -0.05) is 182 Å². The van der Waals surface area contributed by atoms with E-state index in [9.17, 15) is 0 Å². The van der Waals surface area contributed by atoms with Crippen LogP contribution in [-0.4, -0.2) is 4.57 Å². The number of hydrogen-bond acceptors (Lipinski definition) is 2. The van der Waals surface area contributed by atoms with Crippen molar-refractivity contribution < 1.29 is 0 Å². The highest BCUT2D eigenvalue weighted by Crippen LogP contribution is 2.46. The van der Waals surface area contributed by atoms with E-state index in [-0.39, 0.29) is 0 Å². The maximum Gasteiger partial charge on any atom is 0.0541 e. The zero-order valence-corrected chi connectivity index (χ0v) is 37.4. The van der Waals surface area contributed by atoms with E-state index < -0.39 is 0 Å². The molecular formula is C64H42N2S. The van der Waals surface area contributed by atoms with Gasteiger partial charge in [-0.2, -0.15) is 0 Å². The molecule has 0 aliphatic rings. The van der Waals surface area contributed by atoms with Crippen molar-refractivity contribution in [3.05, 3.63) is 255 Å². The number of rotatable bonds is 8. The standard InChI is InChI=1S/C64H42N2S/c1-2-21-52-45(15-1)16-13-26-53(52)48-19-11-17-46(41-48)43-33-37-49(38-34-43)65(59-28-7-5-24-56(59)57-27-14-32-63-64(57)58-25-6-10-31-62(58)67-63)50-39-35-44(36-40-50)47-18-12-20-51(42-47)66-60-29-8-3-22-54(60)55-23-4-9-30-61(55)66/h1-42H. The quantitative estimate of drug-likeness (QED) is 0.148. The van der Waals surface area contributed by atoms with E-state index in [0.717, 1.165) is 28.3 Å². The van der Waals surface area contributed by atoms with Crippen LogP contribution in [0.3, 0.4) is 0 Å². The third kappa shape index (κ3) is 6.71. The number of fused-ring (bicyclic) bond motifs is 7. The maximum atomic E-state index is 2.43. The van der Waals surface area contributed by atoms with Gasteiger partial charge in [-0.15, -0.1) is 11.3 Å². The zero-order valence-electron chi connectivity index (χ0n) is 36.6. The van der Waals surface area contributed by atoms with Gasteiger partial charge in [0.25, 0.3) is 0 Å². The van der Waals surface area contributed by atoms with Crippen LogP contribution in [0.2, 0.25) is 0 Å².